The summed E-state index contributed by atoms with van der Waals surface area (Å²) in [5.74, 6) is -7.83. The molecule has 1 aromatic heterocycles. The van der Waals surface area contributed by atoms with E-state index in [4.69, 9.17) is 0 Å². The lowest BCUT2D eigenvalue weighted by atomic mass is 10.1. The fraction of sp³-hybridized carbons (Fsp3) is 0.286. The van der Waals surface area contributed by atoms with Gasteiger partial charge in [0.2, 0.25) is 0 Å². The predicted octanol–water partition coefficient (Wildman–Crippen LogP) is 3.51. The third-order valence-corrected chi connectivity index (χ3v) is 4.33. The number of thiazole rings is 1. The molecular weight excluding hydrogens is 320 g/mol. The minimum absolute atomic E-state index is 0.00209. The maximum atomic E-state index is 13.5. The van der Waals surface area contributed by atoms with Gasteiger partial charge in [0.15, 0.2) is 23.3 Å². The zero-order valence-electron chi connectivity index (χ0n) is 11.1. The third kappa shape index (κ3) is 2.83. The molecule has 22 heavy (non-hydrogen) atoms. The molecule has 1 aliphatic carbocycles. The zero-order valence-corrected chi connectivity index (χ0v) is 11.9. The molecule has 1 saturated carbocycles. The number of hydrogen-bond donors (Lipinski definition) is 1. The van der Waals surface area contributed by atoms with Crippen molar-refractivity contribution in [3.05, 3.63) is 51.0 Å². The summed E-state index contributed by atoms with van der Waals surface area (Å²) >= 11 is 1.47. The number of carbonyl (C=O) groups is 1. The van der Waals surface area contributed by atoms with Crippen LogP contribution in [0.5, 0.6) is 0 Å². The van der Waals surface area contributed by atoms with Crippen molar-refractivity contribution in [3.8, 4) is 0 Å². The lowest BCUT2D eigenvalue weighted by Gasteiger charge is -2.06. The van der Waals surface area contributed by atoms with Gasteiger partial charge in [-0.1, -0.05) is 0 Å². The quantitative estimate of drug-likeness (QED) is 0.530. The highest BCUT2D eigenvalue weighted by Gasteiger charge is 2.27. The first kappa shape index (κ1) is 15.0. The smallest absolute Gasteiger partial charge is 0.254 e. The summed E-state index contributed by atoms with van der Waals surface area (Å²) in [6.07, 6.45) is 2.19. The standard InChI is InChI=1S/C14H10F4N2OS/c15-9-3-8(10(16)12(18)11(9)17)13(21)19-4-7-5-22-14(20-7)6-1-2-6/h3,5-6H,1-2,4H2,(H,19,21). The van der Waals surface area contributed by atoms with E-state index in [2.05, 4.69) is 10.3 Å². The van der Waals surface area contributed by atoms with Crippen molar-refractivity contribution in [2.75, 3.05) is 0 Å². The van der Waals surface area contributed by atoms with Gasteiger partial charge in [0.25, 0.3) is 5.91 Å². The maximum absolute atomic E-state index is 13.5. The molecule has 0 saturated heterocycles. The summed E-state index contributed by atoms with van der Waals surface area (Å²) in [4.78, 5) is 16.1. The summed E-state index contributed by atoms with van der Waals surface area (Å²) in [5.41, 5.74) is -0.294. The van der Waals surface area contributed by atoms with Crippen molar-refractivity contribution < 1.29 is 22.4 Å². The Bertz CT molecular complexity index is 743. The molecule has 116 valence electrons. The maximum Gasteiger partial charge on any atom is 0.254 e. The molecule has 8 heteroatoms. The van der Waals surface area contributed by atoms with Gasteiger partial charge in [0, 0.05) is 11.3 Å². The molecule has 0 aliphatic heterocycles. The van der Waals surface area contributed by atoms with Crippen LogP contribution in [0.15, 0.2) is 11.4 Å². The number of nitrogens with one attached hydrogen (secondary N) is 1. The SMILES string of the molecule is O=C(NCc1csc(C2CC2)n1)c1cc(F)c(F)c(F)c1F. The van der Waals surface area contributed by atoms with E-state index in [0.29, 0.717) is 17.7 Å². The van der Waals surface area contributed by atoms with E-state index >= 15 is 0 Å². The molecule has 1 heterocycles. The van der Waals surface area contributed by atoms with Crippen LogP contribution < -0.4 is 5.32 Å². The second kappa shape index (κ2) is 5.68. The fourth-order valence-corrected chi connectivity index (χ4v) is 2.92. The van der Waals surface area contributed by atoms with Crippen molar-refractivity contribution in [1.82, 2.24) is 10.3 Å². The van der Waals surface area contributed by atoms with E-state index in [9.17, 15) is 22.4 Å². The largest absolute Gasteiger partial charge is 0.346 e. The second-order valence-electron chi connectivity index (χ2n) is 4.98. The summed E-state index contributed by atoms with van der Waals surface area (Å²) in [6, 6.07) is 0.333. The van der Waals surface area contributed by atoms with Crippen LogP contribution >= 0.6 is 11.3 Å². The number of halogens is 4. The van der Waals surface area contributed by atoms with Crippen molar-refractivity contribution in [2.24, 2.45) is 0 Å². The minimum atomic E-state index is -2.00. The molecular formula is C14H10F4N2OS. The van der Waals surface area contributed by atoms with E-state index in [1.54, 1.807) is 5.38 Å². The van der Waals surface area contributed by atoms with E-state index in [-0.39, 0.29) is 6.54 Å². The number of rotatable bonds is 4. The van der Waals surface area contributed by atoms with E-state index < -0.39 is 34.7 Å². The Morgan fingerprint density at radius 2 is 1.95 bits per heavy atom. The Morgan fingerprint density at radius 1 is 1.23 bits per heavy atom. The van der Waals surface area contributed by atoms with Gasteiger partial charge >= 0.3 is 0 Å². The highest BCUT2D eigenvalue weighted by Crippen LogP contribution is 2.41. The zero-order chi connectivity index (χ0) is 15.9. The normalized spacial score (nSPS) is 14.2. The van der Waals surface area contributed by atoms with E-state index in [0.717, 1.165) is 17.8 Å². The number of amides is 1. The van der Waals surface area contributed by atoms with E-state index in [1.807, 2.05) is 0 Å². The molecule has 1 aromatic carbocycles. The van der Waals surface area contributed by atoms with Crippen molar-refractivity contribution in [3.63, 3.8) is 0 Å². The molecule has 0 spiro atoms. The molecule has 2 aromatic rings. The van der Waals surface area contributed by atoms with Crippen molar-refractivity contribution >= 4 is 17.2 Å². The van der Waals surface area contributed by atoms with Crippen LogP contribution in [0.4, 0.5) is 17.6 Å². The third-order valence-electron chi connectivity index (χ3n) is 3.27. The first-order valence-electron chi connectivity index (χ1n) is 6.53. The van der Waals surface area contributed by atoms with Crippen LogP contribution in [-0.4, -0.2) is 10.9 Å². The molecule has 1 fully saturated rings. The second-order valence-corrected chi connectivity index (χ2v) is 5.87. The number of hydrogen-bond acceptors (Lipinski definition) is 3. The van der Waals surface area contributed by atoms with Crippen LogP contribution in [0.1, 0.15) is 39.8 Å². The number of benzene rings is 1. The van der Waals surface area contributed by atoms with Crippen LogP contribution in [0, 0.1) is 23.3 Å². The Labute approximate surface area is 127 Å². The summed E-state index contributed by atoms with van der Waals surface area (Å²) < 4.78 is 52.5. The van der Waals surface area contributed by atoms with Crippen LogP contribution in [-0.2, 0) is 6.54 Å². The molecule has 0 unspecified atom stereocenters. The monoisotopic (exact) mass is 330 g/mol. The Hall–Kier alpha value is -1.96. The lowest BCUT2D eigenvalue weighted by molar-refractivity contribution is 0.0944. The van der Waals surface area contributed by atoms with Crippen LogP contribution in [0.25, 0.3) is 0 Å². The summed E-state index contributed by atoms with van der Waals surface area (Å²) in [6.45, 7) is 0.00209. The summed E-state index contributed by atoms with van der Waals surface area (Å²) in [5, 5.41) is 5.05. The highest BCUT2D eigenvalue weighted by molar-refractivity contribution is 7.09. The Balaban J connectivity index is 1.71. The molecule has 1 amide bonds. The van der Waals surface area contributed by atoms with Crippen molar-refractivity contribution in [1.29, 1.82) is 0 Å². The average Bonchev–Trinajstić information content (AvgIpc) is 3.25. The fourth-order valence-electron chi connectivity index (χ4n) is 1.93. The molecule has 0 atom stereocenters. The topological polar surface area (TPSA) is 42.0 Å². The molecule has 3 rings (SSSR count). The lowest BCUT2D eigenvalue weighted by Crippen LogP contribution is -2.25. The van der Waals surface area contributed by atoms with Crippen molar-refractivity contribution in [2.45, 2.75) is 25.3 Å². The van der Waals surface area contributed by atoms with E-state index in [1.165, 1.54) is 11.3 Å². The number of carbonyl (C=O) groups excluding carboxylic acids is 1. The van der Waals surface area contributed by atoms with Gasteiger partial charge in [-0.15, -0.1) is 11.3 Å². The van der Waals surface area contributed by atoms with Gasteiger partial charge in [0.1, 0.15) is 0 Å². The first-order chi connectivity index (χ1) is 10.5. The minimum Gasteiger partial charge on any atom is -0.346 e. The van der Waals surface area contributed by atoms with Gasteiger partial charge in [-0.3, -0.25) is 4.79 Å². The summed E-state index contributed by atoms with van der Waals surface area (Å²) in [7, 11) is 0. The van der Waals surface area contributed by atoms with Gasteiger partial charge < -0.3 is 5.32 Å². The molecule has 0 bridgehead atoms. The average molecular weight is 330 g/mol. The van der Waals surface area contributed by atoms with Gasteiger partial charge in [0.05, 0.1) is 22.8 Å². The van der Waals surface area contributed by atoms with Gasteiger partial charge in [-0.2, -0.15) is 0 Å². The Kier molecular flexibility index (Phi) is 3.86. The van der Waals surface area contributed by atoms with Gasteiger partial charge in [-0.05, 0) is 18.9 Å². The van der Waals surface area contributed by atoms with Crippen LogP contribution in [0.2, 0.25) is 0 Å². The molecule has 1 N–H and O–H groups in total. The molecule has 1 aliphatic rings. The number of nitrogens with zero attached hydrogens (tertiary/aromatic N) is 1. The molecule has 3 nitrogen and oxygen atoms in total. The Morgan fingerprint density at radius 3 is 2.64 bits per heavy atom. The first-order valence-corrected chi connectivity index (χ1v) is 7.41. The predicted molar refractivity (Wildman–Crippen MR) is 71.5 cm³/mol. The van der Waals surface area contributed by atoms with Gasteiger partial charge in [-0.25, -0.2) is 22.5 Å². The van der Waals surface area contributed by atoms with Crippen LogP contribution in [0.3, 0.4) is 0 Å². The highest BCUT2D eigenvalue weighted by atomic mass is 32.1. The molecule has 0 radical (unpaired) electrons. The number of aromatic nitrogens is 1.